The zero-order valence-corrected chi connectivity index (χ0v) is 12.8. The number of nitro groups is 1. The van der Waals surface area contributed by atoms with Crippen LogP contribution in [0, 0.1) is 24.0 Å². The van der Waals surface area contributed by atoms with E-state index in [1.807, 2.05) is 13.8 Å². The number of allylic oxidation sites excluding steroid dienone is 1. The molecule has 0 atom stereocenters. The Balaban J connectivity index is 2.52. The lowest BCUT2D eigenvalue weighted by molar-refractivity contribution is -0.385. The second-order valence-electron chi connectivity index (χ2n) is 5.27. The number of carbonyl (C=O) groups is 1. The number of hydrogen-bond acceptors (Lipinski definition) is 4. The summed E-state index contributed by atoms with van der Waals surface area (Å²) in [5.74, 6) is -0.499. The molecule has 22 heavy (non-hydrogen) atoms. The summed E-state index contributed by atoms with van der Waals surface area (Å²) in [4.78, 5) is 23.1. The van der Waals surface area contributed by atoms with E-state index in [0.29, 0.717) is 12.1 Å². The summed E-state index contributed by atoms with van der Waals surface area (Å²) in [6.45, 7) is 9.37. The van der Waals surface area contributed by atoms with Crippen molar-refractivity contribution in [2.45, 2.75) is 27.2 Å². The fraction of sp³-hybridized carbons (Fsp3) is 0.250. The van der Waals surface area contributed by atoms with Crippen molar-refractivity contribution in [2.75, 3.05) is 0 Å². The number of aromatic nitrogens is 2. The van der Waals surface area contributed by atoms with Crippen LogP contribution in [-0.4, -0.2) is 20.6 Å². The lowest BCUT2D eigenvalue weighted by Crippen LogP contribution is -2.17. The molecule has 0 spiro atoms. The molecule has 1 aromatic heterocycles. The molecule has 0 saturated carbocycles. The van der Waals surface area contributed by atoms with Gasteiger partial charge in [0.25, 0.3) is 11.6 Å². The first-order valence-electron chi connectivity index (χ1n) is 6.80. The standard InChI is InChI=1S/C16H17N3O3/c1-10(2)9-14-11(3)17-18(12(14)4)16(20)13-7-5-6-8-15(13)19(21)22/h5-8H,1,9H2,2-4H3. The second kappa shape index (κ2) is 5.93. The zero-order chi connectivity index (χ0) is 16.4. The van der Waals surface area contributed by atoms with Gasteiger partial charge in [0, 0.05) is 17.3 Å². The van der Waals surface area contributed by atoms with Crippen molar-refractivity contribution in [3.8, 4) is 0 Å². The summed E-state index contributed by atoms with van der Waals surface area (Å²) >= 11 is 0. The van der Waals surface area contributed by atoms with Gasteiger partial charge in [0.2, 0.25) is 0 Å². The van der Waals surface area contributed by atoms with E-state index in [-0.39, 0.29) is 11.3 Å². The predicted molar refractivity (Wildman–Crippen MR) is 83.0 cm³/mol. The van der Waals surface area contributed by atoms with Crippen molar-refractivity contribution >= 4 is 11.6 Å². The molecule has 0 unspecified atom stereocenters. The summed E-state index contributed by atoms with van der Waals surface area (Å²) in [7, 11) is 0. The van der Waals surface area contributed by atoms with E-state index in [1.165, 1.54) is 22.9 Å². The summed E-state index contributed by atoms with van der Waals surface area (Å²) in [6, 6.07) is 5.88. The fourth-order valence-electron chi connectivity index (χ4n) is 2.36. The van der Waals surface area contributed by atoms with Crippen LogP contribution in [-0.2, 0) is 6.42 Å². The number of nitro benzene ring substituents is 1. The lowest BCUT2D eigenvalue weighted by Gasteiger charge is -2.05. The molecule has 0 radical (unpaired) electrons. The van der Waals surface area contributed by atoms with Crippen LogP contribution in [0.25, 0.3) is 0 Å². The number of rotatable bonds is 4. The van der Waals surface area contributed by atoms with Crippen molar-refractivity contribution in [1.82, 2.24) is 9.78 Å². The summed E-state index contributed by atoms with van der Waals surface area (Å²) in [6.07, 6.45) is 0.627. The van der Waals surface area contributed by atoms with E-state index in [9.17, 15) is 14.9 Å². The van der Waals surface area contributed by atoms with Crippen LogP contribution >= 0.6 is 0 Å². The summed E-state index contributed by atoms with van der Waals surface area (Å²) in [5, 5.41) is 15.3. The van der Waals surface area contributed by atoms with Crippen molar-refractivity contribution in [3.05, 3.63) is 69.0 Å². The van der Waals surface area contributed by atoms with Gasteiger partial charge in [-0.1, -0.05) is 24.3 Å². The Morgan fingerprint density at radius 3 is 2.59 bits per heavy atom. The number of aryl methyl sites for hydroxylation is 1. The molecule has 0 aliphatic carbocycles. The molecule has 0 saturated heterocycles. The minimum absolute atomic E-state index is 0.0278. The molecular weight excluding hydrogens is 282 g/mol. The highest BCUT2D eigenvalue weighted by Gasteiger charge is 2.24. The van der Waals surface area contributed by atoms with E-state index in [4.69, 9.17) is 0 Å². The van der Waals surface area contributed by atoms with Gasteiger partial charge in [0.05, 0.1) is 10.6 Å². The lowest BCUT2D eigenvalue weighted by atomic mass is 10.1. The number of para-hydroxylation sites is 1. The van der Waals surface area contributed by atoms with Crippen molar-refractivity contribution in [3.63, 3.8) is 0 Å². The molecular formula is C16H17N3O3. The molecule has 0 aliphatic rings. The molecule has 114 valence electrons. The fourth-order valence-corrected chi connectivity index (χ4v) is 2.36. The Bertz CT molecular complexity index is 775. The first-order chi connectivity index (χ1) is 10.3. The van der Waals surface area contributed by atoms with Gasteiger partial charge in [0.1, 0.15) is 5.56 Å². The third-order valence-electron chi connectivity index (χ3n) is 3.44. The molecule has 0 amide bonds. The highest BCUT2D eigenvalue weighted by atomic mass is 16.6. The van der Waals surface area contributed by atoms with Gasteiger partial charge in [-0.15, -0.1) is 0 Å². The average molecular weight is 299 g/mol. The Morgan fingerprint density at radius 2 is 2.00 bits per heavy atom. The van der Waals surface area contributed by atoms with Gasteiger partial charge in [0.15, 0.2) is 0 Å². The van der Waals surface area contributed by atoms with Crippen LogP contribution in [0.4, 0.5) is 5.69 Å². The Morgan fingerprint density at radius 1 is 1.36 bits per heavy atom. The normalized spacial score (nSPS) is 10.5. The molecule has 1 heterocycles. The number of benzene rings is 1. The monoisotopic (exact) mass is 299 g/mol. The molecule has 1 aromatic carbocycles. The molecule has 0 fully saturated rings. The molecule has 2 rings (SSSR count). The first kappa shape index (κ1) is 15.6. The maximum atomic E-state index is 12.6. The van der Waals surface area contributed by atoms with Gasteiger partial charge in [-0.3, -0.25) is 14.9 Å². The molecule has 0 N–H and O–H groups in total. The highest BCUT2D eigenvalue weighted by Crippen LogP contribution is 2.22. The minimum Gasteiger partial charge on any atom is -0.266 e. The minimum atomic E-state index is -0.562. The van der Waals surface area contributed by atoms with Gasteiger partial charge in [-0.05, 0) is 33.3 Å². The van der Waals surface area contributed by atoms with E-state index in [0.717, 1.165) is 16.8 Å². The maximum absolute atomic E-state index is 12.6. The van der Waals surface area contributed by atoms with E-state index in [2.05, 4.69) is 11.7 Å². The first-order valence-corrected chi connectivity index (χ1v) is 6.80. The van der Waals surface area contributed by atoms with Crippen LogP contribution in [0.15, 0.2) is 36.4 Å². The van der Waals surface area contributed by atoms with E-state index < -0.39 is 10.8 Å². The molecule has 6 nitrogen and oxygen atoms in total. The highest BCUT2D eigenvalue weighted by molar-refractivity contribution is 5.99. The van der Waals surface area contributed by atoms with Crippen LogP contribution < -0.4 is 0 Å². The Hall–Kier alpha value is -2.76. The van der Waals surface area contributed by atoms with Crippen molar-refractivity contribution < 1.29 is 9.72 Å². The maximum Gasteiger partial charge on any atom is 0.285 e. The van der Waals surface area contributed by atoms with E-state index >= 15 is 0 Å². The predicted octanol–water partition coefficient (Wildman–Crippen LogP) is 3.22. The van der Waals surface area contributed by atoms with Crippen LogP contribution in [0.1, 0.15) is 34.2 Å². The SMILES string of the molecule is C=C(C)Cc1c(C)nn(C(=O)c2ccccc2[N+](=O)[O-])c1C. The molecule has 2 aromatic rings. The number of carbonyl (C=O) groups excluding carboxylic acids is 1. The zero-order valence-electron chi connectivity index (χ0n) is 12.8. The summed E-state index contributed by atoms with van der Waals surface area (Å²) in [5.41, 5.74) is 3.11. The molecule has 0 bridgehead atoms. The topological polar surface area (TPSA) is 78.0 Å². The number of nitrogens with zero attached hydrogens (tertiary/aromatic N) is 3. The van der Waals surface area contributed by atoms with Crippen LogP contribution in [0.2, 0.25) is 0 Å². The van der Waals surface area contributed by atoms with Crippen molar-refractivity contribution in [2.24, 2.45) is 0 Å². The van der Waals surface area contributed by atoms with Gasteiger partial charge < -0.3 is 0 Å². The second-order valence-corrected chi connectivity index (χ2v) is 5.27. The molecule has 0 aliphatic heterocycles. The van der Waals surface area contributed by atoms with Crippen LogP contribution in [0.5, 0.6) is 0 Å². The van der Waals surface area contributed by atoms with Gasteiger partial charge >= 0.3 is 0 Å². The van der Waals surface area contributed by atoms with Crippen LogP contribution in [0.3, 0.4) is 0 Å². The smallest absolute Gasteiger partial charge is 0.266 e. The van der Waals surface area contributed by atoms with E-state index in [1.54, 1.807) is 13.0 Å². The number of hydrogen-bond donors (Lipinski definition) is 0. The summed E-state index contributed by atoms with van der Waals surface area (Å²) < 4.78 is 1.23. The van der Waals surface area contributed by atoms with Crippen molar-refractivity contribution in [1.29, 1.82) is 0 Å². The average Bonchev–Trinajstić information content (AvgIpc) is 2.74. The third kappa shape index (κ3) is 2.81. The van der Waals surface area contributed by atoms with Gasteiger partial charge in [-0.2, -0.15) is 5.10 Å². The Kier molecular flexibility index (Phi) is 4.21. The van der Waals surface area contributed by atoms with Gasteiger partial charge in [-0.25, -0.2) is 4.68 Å². The quantitative estimate of drug-likeness (QED) is 0.493. The largest absolute Gasteiger partial charge is 0.285 e. The Labute approximate surface area is 128 Å². The molecule has 6 heteroatoms. The third-order valence-corrected chi connectivity index (χ3v) is 3.44.